The second kappa shape index (κ2) is 7.71. The van der Waals surface area contributed by atoms with Crippen LogP contribution in [0.25, 0.3) is 0 Å². The molecule has 6 nitrogen and oxygen atoms in total. The van der Waals surface area contributed by atoms with Crippen molar-refractivity contribution in [2.75, 3.05) is 10.6 Å². The van der Waals surface area contributed by atoms with Gasteiger partial charge in [-0.3, -0.25) is 9.59 Å². The Morgan fingerprint density at radius 3 is 2.77 bits per heavy atom. The van der Waals surface area contributed by atoms with E-state index in [9.17, 15) is 9.59 Å². The van der Waals surface area contributed by atoms with Gasteiger partial charge in [-0.25, -0.2) is 0 Å². The summed E-state index contributed by atoms with van der Waals surface area (Å²) in [4.78, 5) is 25.9. The van der Waals surface area contributed by atoms with E-state index < -0.39 is 11.0 Å². The van der Waals surface area contributed by atoms with Crippen LogP contribution in [0.3, 0.4) is 0 Å². The van der Waals surface area contributed by atoms with Crippen LogP contribution in [0.2, 0.25) is 5.02 Å². The molecule has 2 N–H and O–H groups in total. The lowest BCUT2D eigenvalue weighted by Crippen LogP contribution is -2.40. The van der Waals surface area contributed by atoms with Gasteiger partial charge in [-0.15, -0.1) is 11.8 Å². The number of carbonyl (C=O) groups excluding carboxylic acids is 2. The maximum absolute atomic E-state index is 12.6. The van der Waals surface area contributed by atoms with Gasteiger partial charge in [0.15, 0.2) is 11.5 Å². The van der Waals surface area contributed by atoms with Gasteiger partial charge in [0.1, 0.15) is 0 Å². The van der Waals surface area contributed by atoms with E-state index in [0.717, 1.165) is 30.6 Å². The molecule has 5 rings (SSSR count). The molecule has 1 unspecified atom stereocenters. The summed E-state index contributed by atoms with van der Waals surface area (Å²) in [5, 5.41) is 5.76. The predicted molar refractivity (Wildman–Crippen MR) is 116 cm³/mol. The first kappa shape index (κ1) is 19.6. The van der Waals surface area contributed by atoms with Crippen LogP contribution in [0.15, 0.2) is 41.3 Å². The van der Waals surface area contributed by atoms with Gasteiger partial charge in [0, 0.05) is 40.9 Å². The number of carbonyl (C=O) groups is 2. The Labute approximate surface area is 183 Å². The highest BCUT2D eigenvalue weighted by Gasteiger charge is 2.42. The topological polar surface area (TPSA) is 76.7 Å². The molecule has 0 radical (unpaired) electrons. The van der Waals surface area contributed by atoms with Crippen LogP contribution < -0.4 is 20.1 Å². The SMILES string of the molecule is O=C(CC1Sc2ccc(Cl)cc2NC1=O)Nc1ccc2c(c1)OC1(CCCCC1)O2. The molecule has 0 bridgehead atoms. The Bertz CT molecular complexity index is 1020. The number of anilines is 2. The van der Waals surface area contributed by atoms with E-state index in [-0.39, 0.29) is 18.2 Å². The first-order valence-corrected chi connectivity index (χ1v) is 11.3. The zero-order valence-electron chi connectivity index (χ0n) is 16.2. The van der Waals surface area contributed by atoms with E-state index in [2.05, 4.69) is 10.6 Å². The van der Waals surface area contributed by atoms with Crippen molar-refractivity contribution < 1.29 is 19.1 Å². The van der Waals surface area contributed by atoms with E-state index >= 15 is 0 Å². The fourth-order valence-electron chi connectivity index (χ4n) is 4.10. The van der Waals surface area contributed by atoms with Gasteiger partial charge in [-0.1, -0.05) is 18.0 Å². The Kier molecular flexibility index (Phi) is 5.03. The van der Waals surface area contributed by atoms with E-state index in [1.165, 1.54) is 18.2 Å². The molecule has 2 heterocycles. The minimum absolute atomic E-state index is 0.0664. The van der Waals surface area contributed by atoms with Crippen LogP contribution >= 0.6 is 23.4 Å². The molecule has 1 aliphatic carbocycles. The number of hydrogen-bond acceptors (Lipinski definition) is 5. The number of thioether (sulfide) groups is 1. The molecule has 30 heavy (non-hydrogen) atoms. The van der Waals surface area contributed by atoms with Crippen molar-refractivity contribution in [1.29, 1.82) is 0 Å². The monoisotopic (exact) mass is 444 g/mol. The quantitative estimate of drug-likeness (QED) is 0.679. The van der Waals surface area contributed by atoms with E-state index in [1.807, 2.05) is 12.1 Å². The molecule has 8 heteroatoms. The Hall–Kier alpha value is -2.38. The Morgan fingerprint density at radius 1 is 1.13 bits per heavy atom. The fraction of sp³-hybridized carbons (Fsp3) is 0.364. The fourth-order valence-corrected chi connectivity index (χ4v) is 5.37. The third kappa shape index (κ3) is 3.84. The summed E-state index contributed by atoms with van der Waals surface area (Å²) in [6.45, 7) is 0. The standard InChI is InChI=1S/C22H21ClN2O4S/c23-13-4-7-18-15(10-13)25-21(27)19(30-18)12-20(26)24-14-5-6-16-17(11-14)29-22(28-16)8-2-1-3-9-22/h4-7,10-11,19H,1-3,8-9,12H2,(H,24,26)(H,25,27). The normalized spacial score (nSPS) is 21.1. The third-order valence-electron chi connectivity index (χ3n) is 5.57. The van der Waals surface area contributed by atoms with Gasteiger partial charge < -0.3 is 20.1 Å². The smallest absolute Gasteiger partial charge is 0.251 e. The number of ether oxygens (including phenoxy) is 2. The summed E-state index contributed by atoms with van der Waals surface area (Å²) in [7, 11) is 0. The third-order valence-corrected chi connectivity index (χ3v) is 7.08. The van der Waals surface area contributed by atoms with Gasteiger partial charge in [0.2, 0.25) is 11.8 Å². The van der Waals surface area contributed by atoms with Crippen molar-refractivity contribution in [2.45, 2.75) is 54.5 Å². The lowest BCUT2D eigenvalue weighted by molar-refractivity contribution is -0.120. The van der Waals surface area contributed by atoms with Crippen LogP contribution in [0.4, 0.5) is 11.4 Å². The minimum atomic E-state index is -0.545. The maximum atomic E-state index is 12.6. The zero-order chi connectivity index (χ0) is 20.7. The molecule has 2 aromatic rings. The number of benzene rings is 2. The highest BCUT2D eigenvalue weighted by atomic mass is 35.5. The van der Waals surface area contributed by atoms with Crippen LogP contribution in [-0.2, 0) is 9.59 Å². The van der Waals surface area contributed by atoms with Crippen molar-refractivity contribution >= 4 is 46.6 Å². The lowest BCUT2D eigenvalue weighted by Gasteiger charge is -2.31. The largest absolute Gasteiger partial charge is 0.448 e. The summed E-state index contributed by atoms with van der Waals surface area (Å²) in [5.41, 5.74) is 1.31. The molecule has 0 aromatic heterocycles. The van der Waals surface area contributed by atoms with Gasteiger partial charge in [-0.2, -0.15) is 0 Å². The zero-order valence-corrected chi connectivity index (χ0v) is 17.8. The van der Waals surface area contributed by atoms with Gasteiger partial charge in [-0.05, 0) is 43.2 Å². The first-order valence-electron chi connectivity index (χ1n) is 10.1. The summed E-state index contributed by atoms with van der Waals surface area (Å²) in [6.07, 6.45) is 5.21. The van der Waals surface area contributed by atoms with Crippen molar-refractivity contribution in [2.24, 2.45) is 0 Å². The number of hydrogen-bond donors (Lipinski definition) is 2. The number of amides is 2. The van der Waals surface area contributed by atoms with Crippen molar-refractivity contribution in [3.63, 3.8) is 0 Å². The number of rotatable bonds is 3. The molecule has 2 aliphatic heterocycles. The molecule has 156 valence electrons. The average molecular weight is 445 g/mol. The van der Waals surface area contributed by atoms with Crippen molar-refractivity contribution in [1.82, 2.24) is 0 Å². The first-order chi connectivity index (χ1) is 14.5. The predicted octanol–water partition coefficient (Wildman–Crippen LogP) is 5.21. The molecule has 3 aliphatic rings. The molecule has 1 fully saturated rings. The van der Waals surface area contributed by atoms with Gasteiger partial charge >= 0.3 is 0 Å². The molecule has 1 spiro atoms. The number of halogens is 1. The Balaban J connectivity index is 1.23. The number of fused-ring (bicyclic) bond motifs is 2. The summed E-state index contributed by atoms with van der Waals surface area (Å²) < 4.78 is 12.2. The second-order valence-corrected chi connectivity index (χ2v) is 9.51. The van der Waals surface area contributed by atoms with Crippen molar-refractivity contribution in [3.8, 4) is 11.5 Å². The molecular formula is C22H21ClN2O4S. The highest BCUT2D eigenvalue weighted by Crippen LogP contribution is 2.46. The average Bonchev–Trinajstić information content (AvgIpc) is 3.05. The maximum Gasteiger partial charge on any atom is 0.251 e. The summed E-state index contributed by atoms with van der Waals surface area (Å²) in [6, 6.07) is 10.8. The van der Waals surface area contributed by atoms with E-state index in [1.54, 1.807) is 24.3 Å². The van der Waals surface area contributed by atoms with Crippen LogP contribution in [0.1, 0.15) is 38.5 Å². The minimum Gasteiger partial charge on any atom is -0.448 e. The molecule has 0 saturated heterocycles. The molecule has 2 aromatic carbocycles. The summed E-state index contributed by atoms with van der Waals surface area (Å²) >= 11 is 7.35. The molecule has 1 saturated carbocycles. The van der Waals surface area contributed by atoms with Crippen molar-refractivity contribution in [3.05, 3.63) is 41.4 Å². The van der Waals surface area contributed by atoms with Crippen LogP contribution in [-0.4, -0.2) is 22.9 Å². The summed E-state index contributed by atoms with van der Waals surface area (Å²) in [5.74, 6) is 0.398. The van der Waals surface area contributed by atoms with Crippen LogP contribution in [0.5, 0.6) is 11.5 Å². The lowest BCUT2D eigenvalue weighted by atomic mass is 9.94. The molecule has 1 atom stereocenters. The molecular weight excluding hydrogens is 424 g/mol. The number of nitrogens with one attached hydrogen (secondary N) is 2. The highest BCUT2D eigenvalue weighted by molar-refractivity contribution is 8.01. The van der Waals surface area contributed by atoms with Gasteiger partial charge in [0.25, 0.3) is 5.79 Å². The van der Waals surface area contributed by atoms with Gasteiger partial charge in [0.05, 0.1) is 10.9 Å². The molecule has 2 amide bonds. The van der Waals surface area contributed by atoms with Crippen LogP contribution in [0, 0.1) is 0 Å². The van der Waals surface area contributed by atoms with E-state index in [4.69, 9.17) is 21.1 Å². The second-order valence-electron chi connectivity index (χ2n) is 7.83. The van der Waals surface area contributed by atoms with E-state index in [0.29, 0.717) is 27.9 Å². The Morgan fingerprint density at radius 2 is 1.93 bits per heavy atom.